The fourth-order valence-corrected chi connectivity index (χ4v) is 6.06. The van der Waals surface area contributed by atoms with Gasteiger partial charge >= 0.3 is 0 Å². The minimum Gasteiger partial charge on any atom is -0.497 e. The highest BCUT2D eigenvalue weighted by atomic mass is 32.1. The quantitative estimate of drug-likeness (QED) is 0.238. The van der Waals surface area contributed by atoms with Crippen LogP contribution in [0.3, 0.4) is 0 Å². The highest BCUT2D eigenvalue weighted by molar-refractivity contribution is 7.22. The van der Waals surface area contributed by atoms with E-state index in [1.807, 2.05) is 18.2 Å². The number of ether oxygens (including phenoxy) is 2. The van der Waals surface area contributed by atoms with Crippen molar-refractivity contribution in [1.29, 1.82) is 0 Å². The number of benzene rings is 2. The Hall–Kier alpha value is -3.33. The van der Waals surface area contributed by atoms with Crippen LogP contribution in [-0.2, 0) is 0 Å². The number of hydrogen-bond donors (Lipinski definition) is 3. The average molecular weight is 503 g/mol. The molecule has 0 amide bonds. The Morgan fingerprint density at radius 1 is 1.11 bits per heavy atom. The monoisotopic (exact) mass is 502 g/mol. The van der Waals surface area contributed by atoms with Crippen LogP contribution in [0.15, 0.2) is 54.6 Å². The van der Waals surface area contributed by atoms with E-state index in [0.29, 0.717) is 6.61 Å². The van der Waals surface area contributed by atoms with E-state index < -0.39 is 0 Å². The number of methoxy groups -OCH3 is 1. The summed E-state index contributed by atoms with van der Waals surface area (Å²) < 4.78 is 12.5. The normalized spacial score (nSPS) is 16.7. The number of aliphatic hydroxyl groups is 1. The first-order valence-corrected chi connectivity index (χ1v) is 13.3. The van der Waals surface area contributed by atoms with Crippen LogP contribution in [-0.4, -0.2) is 64.6 Å². The topological polar surface area (TPSA) is 86.4 Å². The Kier molecular flexibility index (Phi) is 6.39. The van der Waals surface area contributed by atoms with Crippen molar-refractivity contribution in [3.63, 3.8) is 0 Å². The maximum atomic E-state index is 9.83. The van der Waals surface area contributed by atoms with E-state index in [1.54, 1.807) is 18.4 Å². The molecule has 1 aliphatic heterocycles. The molecule has 0 saturated carbocycles. The van der Waals surface area contributed by atoms with Crippen LogP contribution in [0, 0.1) is 0 Å². The maximum absolute atomic E-state index is 9.83. The molecule has 0 spiro atoms. The van der Waals surface area contributed by atoms with Gasteiger partial charge in [-0.15, -0.1) is 11.3 Å². The average Bonchev–Trinajstić information content (AvgIpc) is 3.60. The highest BCUT2D eigenvalue weighted by Crippen LogP contribution is 2.39. The third kappa shape index (κ3) is 4.72. The summed E-state index contributed by atoms with van der Waals surface area (Å²) in [6.45, 7) is 3.47. The zero-order valence-corrected chi connectivity index (χ0v) is 21.1. The fraction of sp³-hybridized carbons (Fsp3) is 0.321. The second kappa shape index (κ2) is 9.97. The molecule has 0 bridgehead atoms. The summed E-state index contributed by atoms with van der Waals surface area (Å²) in [6, 6.07) is 18.6. The van der Waals surface area contributed by atoms with Crippen molar-refractivity contribution in [2.45, 2.75) is 25.4 Å². The molecule has 0 aliphatic carbocycles. The van der Waals surface area contributed by atoms with Gasteiger partial charge in [-0.05, 0) is 67.8 Å². The number of aromatic nitrogens is 3. The third-order valence-corrected chi connectivity index (χ3v) is 8.00. The van der Waals surface area contributed by atoms with Gasteiger partial charge in [-0.3, -0.25) is 5.10 Å². The van der Waals surface area contributed by atoms with E-state index in [9.17, 15) is 5.11 Å². The summed E-state index contributed by atoms with van der Waals surface area (Å²) >= 11 is 1.72. The molecule has 3 N–H and O–H groups in total. The van der Waals surface area contributed by atoms with Gasteiger partial charge in [-0.1, -0.05) is 12.1 Å². The Morgan fingerprint density at radius 3 is 2.94 bits per heavy atom. The number of piperidine rings is 1. The van der Waals surface area contributed by atoms with E-state index in [4.69, 9.17) is 9.47 Å². The van der Waals surface area contributed by atoms with E-state index in [0.717, 1.165) is 88.5 Å². The second-order valence-corrected chi connectivity index (χ2v) is 10.4. The summed E-state index contributed by atoms with van der Waals surface area (Å²) in [4.78, 5) is 7.03. The van der Waals surface area contributed by atoms with Crippen LogP contribution in [0.1, 0.15) is 19.3 Å². The molecule has 7 nitrogen and oxygen atoms in total. The van der Waals surface area contributed by atoms with Gasteiger partial charge in [0.25, 0.3) is 0 Å². The minimum atomic E-state index is -0.178. The van der Waals surface area contributed by atoms with Gasteiger partial charge in [-0.25, -0.2) is 0 Å². The van der Waals surface area contributed by atoms with Crippen molar-refractivity contribution in [2.75, 3.05) is 33.4 Å². The largest absolute Gasteiger partial charge is 0.497 e. The van der Waals surface area contributed by atoms with Crippen LogP contribution >= 0.6 is 11.3 Å². The summed E-state index contributed by atoms with van der Waals surface area (Å²) in [5, 5.41) is 18.7. The predicted octanol–water partition coefficient (Wildman–Crippen LogP) is 5.67. The zero-order chi connectivity index (χ0) is 24.5. The van der Waals surface area contributed by atoms with Gasteiger partial charge in [0.05, 0.1) is 35.7 Å². The molecule has 1 saturated heterocycles. The number of fused-ring (bicyclic) bond motifs is 2. The second-order valence-electron chi connectivity index (χ2n) is 9.39. The lowest BCUT2D eigenvalue weighted by molar-refractivity contribution is 0.0679. The van der Waals surface area contributed by atoms with Crippen LogP contribution in [0.2, 0.25) is 0 Å². The van der Waals surface area contributed by atoms with Crippen molar-refractivity contribution in [1.82, 2.24) is 20.1 Å². The van der Waals surface area contributed by atoms with Crippen molar-refractivity contribution in [2.24, 2.45) is 0 Å². The van der Waals surface area contributed by atoms with Crippen LogP contribution in [0.25, 0.3) is 42.9 Å². The molecule has 3 aromatic heterocycles. The van der Waals surface area contributed by atoms with Crippen molar-refractivity contribution < 1.29 is 14.6 Å². The minimum absolute atomic E-state index is 0.178. The SMILES string of the molecule is COc1cccc(-c2cc3[nH]nc(-c4cc5ccc(OCCCN6CCCC(O)C6)cc5[nH]4)c3s2)c1. The molecule has 1 fully saturated rings. The Balaban J connectivity index is 1.16. The zero-order valence-electron chi connectivity index (χ0n) is 20.3. The number of β-amino-alcohol motifs (C(OH)–C–C–N with tert-alkyl or cyclic N) is 1. The molecular formula is C28H30N4O3S. The molecule has 6 rings (SSSR count). The van der Waals surface area contributed by atoms with Crippen molar-refractivity contribution >= 4 is 32.5 Å². The molecule has 4 heterocycles. The first-order valence-electron chi connectivity index (χ1n) is 12.4. The lowest BCUT2D eigenvalue weighted by Crippen LogP contribution is -2.39. The van der Waals surface area contributed by atoms with Crippen LogP contribution < -0.4 is 9.47 Å². The van der Waals surface area contributed by atoms with Gasteiger partial charge in [0.15, 0.2) is 0 Å². The van der Waals surface area contributed by atoms with E-state index >= 15 is 0 Å². The number of aliphatic hydroxyl groups excluding tert-OH is 1. The molecule has 2 aromatic carbocycles. The standard InChI is InChI=1S/C28H30N4O3S/c1-34-21-7-2-5-19(13-21)26-16-25-28(36-26)27(31-30-25)24-14-18-8-9-22(15-23(18)29-24)35-12-4-11-32-10-3-6-20(33)17-32/h2,5,7-9,13-16,20,29,33H,3-4,6,10-12,17H2,1H3,(H,30,31). The summed E-state index contributed by atoms with van der Waals surface area (Å²) in [5.74, 6) is 1.71. The molecular weight excluding hydrogens is 472 g/mol. The number of aromatic amines is 2. The van der Waals surface area contributed by atoms with Crippen LogP contribution in [0.5, 0.6) is 11.5 Å². The van der Waals surface area contributed by atoms with E-state index in [1.165, 1.54) is 4.88 Å². The van der Waals surface area contributed by atoms with E-state index in [-0.39, 0.29) is 6.10 Å². The number of rotatable bonds is 8. The van der Waals surface area contributed by atoms with Gasteiger partial charge in [-0.2, -0.15) is 5.10 Å². The third-order valence-electron chi connectivity index (χ3n) is 6.81. The van der Waals surface area contributed by atoms with Gasteiger partial charge in [0.2, 0.25) is 0 Å². The predicted molar refractivity (Wildman–Crippen MR) is 145 cm³/mol. The van der Waals surface area contributed by atoms with E-state index in [2.05, 4.69) is 56.5 Å². The molecule has 8 heteroatoms. The lowest BCUT2D eigenvalue weighted by Gasteiger charge is -2.29. The molecule has 0 radical (unpaired) electrons. The highest BCUT2D eigenvalue weighted by Gasteiger charge is 2.17. The smallest absolute Gasteiger partial charge is 0.126 e. The lowest BCUT2D eigenvalue weighted by atomic mass is 10.1. The first-order chi connectivity index (χ1) is 17.7. The van der Waals surface area contributed by atoms with Gasteiger partial charge < -0.3 is 24.5 Å². The van der Waals surface area contributed by atoms with Gasteiger partial charge in [0, 0.05) is 34.9 Å². The first kappa shape index (κ1) is 23.1. The summed E-state index contributed by atoms with van der Waals surface area (Å²) in [7, 11) is 1.69. The van der Waals surface area contributed by atoms with Gasteiger partial charge in [0.1, 0.15) is 17.2 Å². The molecule has 186 valence electrons. The molecule has 1 atom stereocenters. The molecule has 1 unspecified atom stereocenters. The summed E-state index contributed by atoms with van der Waals surface area (Å²) in [5.41, 5.74) is 5.09. The number of thiophene rings is 1. The number of nitrogens with zero attached hydrogens (tertiary/aromatic N) is 2. The number of likely N-dealkylation sites (tertiary alicyclic amines) is 1. The Bertz CT molecular complexity index is 1490. The Morgan fingerprint density at radius 2 is 2.06 bits per heavy atom. The number of nitrogens with one attached hydrogen (secondary N) is 2. The van der Waals surface area contributed by atoms with Crippen molar-refractivity contribution in [3.05, 3.63) is 54.6 Å². The Labute approximate surface area is 213 Å². The fourth-order valence-electron chi connectivity index (χ4n) is 4.95. The van der Waals surface area contributed by atoms with Crippen molar-refractivity contribution in [3.8, 4) is 33.3 Å². The number of hydrogen-bond acceptors (Lipinski definition) is 6. The summed E-state index contributed by atoms with van der Waals surface area (Å²) in [6.07, 6.45) is 2.76. The molecule has 1 aliphatic rings. The number of H-pyrrole nitrogens is 2. The van der Waals surface area contributed by atoms with Crippen LogP contribution in [0.4, 0.5) is 0 Å². The maximum Gasteiger partial charge on any atom is 0.126 e. The molecule has 5 aromatic rings. The molecule has 36 heavy (non-hydrogen) atoms.